The minimum atomic E-state index is -0.950. The number of ether oxygens (including phenoxy) is 1. The Hall–Kier alpha value is -2.30. The lowest BCUT2D eigenvalue weighted by Gasteiger charge is -2.19. The first kappa shape index (κ1) is 19.0. The molecule has 0 saturated heterocycles. The molecule has 0 N–H and O–H groups in total. The Morgan fingerprint density at radius 3 is 2.44 bits per heavy atom. The smallest absolute Gasteiger partial charge is 0.308 e. The van der Waals surface area contributed by atoms with Crippen LogP contribution in [-0.4, -0.2) is 23.3 Å². The van der Waals surface area contributed by atoms with Crippen LogP contribution in [0.25, 0.3) is 0 Å². The maximum Gasteiger partial charge on any atom is 0.308 e. The first-order chi connectivity index (χ1) is 11.8. The van der Waals surface area contributed by atoms with Gasteiger partial charge in [0.2, 0.25) is 0 Å². The van der Waals surface area contributed by atoms with Crippen LogP contribution < -0.4 is 4.74 Å². The van der Waals surface area contributed by atoms with Crippen LogP contribution in [0.4, 0.5) is 0 Å². The minimum absolute atomic E-state index is 0.0346. The molecule has 0 heterocycles. The van der Waals surface area contributed by atoms with Gasteiger partial charge in [0, 0.05) is 32.6 Å². The summed E-state index contributed by atoms with van der Waals surface area (Å²) < 4.78 is 5.04. The van der Waals surface area contributed by atoms with Crippen molar-refractivity contribution in [2.45, 2.75) is 58.8 Å². The van der Waals surface area contributed by atoms with Crippen LogP contribution in [0.5, 0.6) is 5.75 Å². The number of benzene rings is 1. The lowest BCUT2D eigenvalue weighted by atomic mass is 9.81. The van der Waals surface area contributed by atoms with Crippen molar-refractivity contribution in [2.75, 3.05) is 0 Å². The van der Waals surface area contributed by atoms with Gasteiger partial charge in [-0.25, -0.2) is 0 Å². The largest absolute Gasteiger partial charge is 0.427 e. The Balaban J connectivity index is 1.76. The van der Waals surface area contributed by atoms with Gasteiger partial charge in [-0.15, -0.1) is 0 Å². The Morgan fingerprint density at radius 2 is 1.80 bits per heavy atom. The van der Waals surface area contributed by atoms with Crippen molar-refractivity contribution in [3.63, 3.8) is 0 Å². The Morgan fingerprint density at radius 1 is 1.12 bits per heavy atom. The highest BCUT2D eigenvalue weighted by atomic mass is 16.5. The molecule has 134 valence electrons. The van der Waals surface area contributed by atoms with E-state index in [1.54, 1.807) is 19.1 Å². The van der Waals surface area contributed by atoms with Crippen LogP contribution in [0.1, 0.15) is 57.9 Å². The molecule has 1 fully saturated rings. The molecule has 2 rings (SSSR count). The van der Waals surface area contributed by atoms with Crippen LogP contribution in [-0.2, 0) is 25.6 Å². The molecular weight excluding hydrogens is 320 g/mol. The van der Waals surface area contributed by atoms with E-state index in [-0.39, 0.29) is 29.7 Å². The summed E-state index contributed by atoms with van der Waals surface area (Å²) in [6, 6.07) is 7.25. The number of ketones is 3. The van der Waals surface area contributed by atoms with Crippen molar-refractivity contribution in [2.24, 2.45) is 5.41 Å². The van der Waals surface area contributed by atoms with Crippen LogP contribution in [0.15, 0.2) is 24.3 Å². The highest BCUT2D eigenvalue weighted by Crippen LogP contribution is 2.35. The van der Waals surface area contributed by atoms with E-state index in [9.17, 15) is 19.2 Å². The van der Waals surface area contributed by atoms with E-state index in [0.29, 0.717) is 44.3 Å². The highest BCUT2D eigenvalue weighted by molar-refractivity contribution is 6.12. The minimum Gasteiger partial charge on any atom is -0.427 e. The van der Waals surface area contributed by atoms with E-state index < -0.39 is 5.41 Å². The molecule has 0 atom stereocenters. The molecule has 25 heavy (non-hydrogen) atoms. The topological polar surface area (TPSA) is 77.5 Å². The number of rotatable bonds is 8. The molecule has 5 nitrogen and oxygen atoms in total. The van der Waals surface area contributed by atoms with Gasteiger partial charge in [-0.1, -0.05) is 12.1 Å². The highest BCUT2D eigenvalue weighted by Gasteiger charge is 2.44. The van der Waals surface area contributed by atoms with E-state index in [0.717, 1.165) is 5.56 Å². The standard InChI is InChI=1S/C20H24O5/c1-14(21)25-17-8-4-6-15(13-17)5-3-7-16(22)11-12-20(2)18(23)9-10-19(20)24/h4,6,8,13H,3,5,7,9-12H2,1-2H3. The van der Waals surface area contributed by atoms with E-state index in [2.05, 4.69) is 0 Å². The van der Waals surface area contributed by atoms with Crippen LogP contribution in [0, 0.1) is 5.41 Å². The van der Waals surface area contributed by atoms with E-state index in [1.807, 2.05) is 12.1 Å². The number of hydrogen-bond donors (Lipinski definition) is 0. The van der Waals surface area contributed by atoms with E-state index >= 15 is 0 Å². The molecule has 5 heteroatoms. The fourth-order valence-electron chi connectivity index (χ4n) is 3.15. The van der Waals surface area contributed by atoms with E-state index in [4.69, 9.17) is 4.74 Å². The average molecular weight is 344 g/mol. The second-order valence-corrected chi connectivity index (χ2v) is 6.81. The molecule has 0 bridgehead atoms. The van der Waals surface area contributed by atoms with Gasteiger partial charge in [0.1, 0.15) is 23.1 Å². The first-order valence-electron chi connectivity index (χ1n) is 8.67. The Kier molecular flexibility index (Phi) is 6.23. The summed E-state index contributed by atoms with van der Waals surface area (Å²) in [5.41, 5.74) is 0.0493. The molecule has 1 aliphatic rings. The SMILES string of the molecule is CC(=O)Oc1cccc(CCCC(=O)CCC2(C)C(=O)CCC2=O)c1. The molecule has 0 radical (unpaired) electrons. The van der Waals surface area contributed by atoms with Gasteiger partial charge >= 0.3 is 5.97 Å². The molecule has 0 aromatic heterocycles. The van der Waals surface area contributed by atoms with Crippen LogP contribution in [0.3, 0.4) is 0 Å². The Labute approximate surface area is 147 Å². The summed E-state index contributed by atoms with van der Waals surface area (Å²) in [5, 5.41) is 0. The maximum atomic E-state index is 12.1. The fraction of sp³-hybridized carbons (Fsp3) is 0.500. The van der Waals surface area contributed by atoms with Crippen molar-refractivity contribution < 1.29 is 23.9 Å². The molecule has 1 aliphatic carbocycles. The quantitative estimate of drug-likeness (QED) is 0.411. The Bertz CT molecular complexity index is 673. The van der Waals surface area contributed by atoms with Crippen molar-refractivity contribution in [1.29, 1.82) is 0 Å². The second kappa shape index (κ2) is 8.19. The normalized spacial score (nSPS) is 16.1. The van der Waals surface area contributed by atoms with Gasteiger partial charge < -0.3 is 4.74 Å². The van der Waals surface area contributed by atoms with Gasteiger partial charge in [0.25, 0.3) is 0 Å². The molecular formula is C20H24O5. The monoisotopic (exact) mass is 344 g/mol. The van der Waals surface area contributed by atoms with E-state index in [1.165, 1.54) is 6.92 Å². The number of aryl methyl sites for hydroxylation is 1. The third-order valence-electron chi connectivity index (χ3n) is 4.79. The van der Waals surface area contributed by atoms with Crippen molar-refractivity contribution in [3.8, 4) is 5.75 Å². The molecule has 1 aromatic carbocycles. The summed E-state index contributed by atoms with van der Waals surface area (Å²) in [5.74, 6) is 0.143. The third-order valence-corrected chi connectivity index (χ3v) is 4.79. The second-order valence-electron chi connectivity index (χ2n) is 6.81. The number of carbonyl (C=O) groups is 4. The number of esters is 1. The maximum absolute atomic E-state index is 12.1. The number of carbonyl (C=O) groups excluding carboxylic acids is 4. The number of hydrogen-bond acceptors (Lipinski definition) is 5. The van der Waals surface area contributed by atoms with Crippen molar-refractivity contribution in [3.05, 3.63) is 29.8 Å². The fourth-order valence-corrected chi connectivity index (χ4v) is 3.15. The van der Waals surface area contributed by atoms with Gasteiger partial charge in [0.05, 0.1) is 5.41 Å². The molecule has 0 spiro atoms. The summed E-state index contributed by atoms with van der Waals surface area (Å²) in [6.07, 6.45) is 3.00. The summed E-state index contributed by atoms with van der Waals surface area (Å²) in [7, 11) is 0. The lowest BCUT2D eigenvalue weighted by molar-refractivity contribution is -0.135. The van der Waals surface area contributed by atoms with Crippen molar-refractivity contribution >= 4 is 23.3 Å². The third kappa shape index (κ3) is 5.08. The number of Topliss-reactive ketones (excluding diaryl/α,β-unsaturated/α-hetero) is 3. The molecule has 1 aromatic rings. The zero-order valence-electron chi connectivity index (χ0n) is 14.8. The predicted molar refractivity (Wildman–Crippen MR) is 92.3 cm³/mol. The zero-order chi connectivity index (χ0) is 18.4. The van der Waals surface area contributed by atoms with Gasteiger partial charge in [-0.2, -0.15) is 0 Å². The molecule has 1 saturated carbocycles. The van der Waals surface area contributed by atoms with Crippen LogP contribution in [0.2, 0.25) is 0 Å². The summed E-state index contributed by atoms with van der Waals surface area (Å²) in [6.45, 7) is 3.02. The van der Waals surface area contributed by atoms with Gasteiger partial charge in [0.15, 0.2) is 0 Å². The predicted octanol–water partition coefficient (Wildman–Crippen LogP) is 3.22. The zero-order valence-corrected chi connectivity index (χ0v) is 14.8. The molecule has 0 unspecified atom stereocenters. The van der Waals surface area contributed by atoms with Crippen LogP contribution >= 0.6 is 0 Å². The average Bonchev–Trinajstić information content (AvgIpc) is 2.81. The first-order valence-corrected chi connectivity index (χ1v) is 8.67. The van der Waals surface area contributed by atoms with Crippen molar-refractivity contribution in [1.82, 2.24) is 0 Å². The molecule has 0 amide bonds. The van der Waals surface area contributed by atoms with Gasteiger partial charge in [-0.05, 0) is 43.9 Å². The summed E-state index contributed by atoms with van der Waals surface area (Å²) in [4.78, 5) is 46.7. The van der Waals surface area contributed by atoms with Gasteiger partial charge in [-0.3, -0.25) is 19.2 Å². The lowest BCUT2D eigenvalue weighted by Crippen LogP contribution is -2.29. The molecule has 0 aliphatic heterocycles. The summed E-state index contributed by atoms with van der Waals surface area (Å²) >= 11 is 0.